The van der Waals surface area contributed by atoms with Crippen LogP contribution in [-0.2, 0) is 11.2 Å². The van der Waals surface area contributed by atoms with Crippen LogP contribution in [0.15, 0.2) is 30.3 Å². The number of hydrogen-bond acceptors (Lipinski definition) is 5. The first-order chi connectivity index (χ1) is 11.1. The second kappa shape index (κ2) is 6.34. The number of amides is 1. The Balaban J connectivity index is 2.00. The zero-order chi connectivity index (χ0) is 16.4. The predicted molar refractivity (Wildman–Crippen MR) is 88.9 cm³/mol. The van der Waals surface area contributed by atoms with Crippen molar-refractivity contribution >= 4 is 17.5 Å². The summed E-state index contributed by atoms with van der Waals surface area (Å²) in [5.41, 5.74) is 3.17. The Morgan fingerprint density at radius 1 is 1.35 bits per heavy atom. The van der Waals surface area contributed by atoms with Crippen molar-refractivity contribution < 1.29 is 9.53 Å². The quantitative estimate of drug-likeness (QED) is 0.939. The number of methoxy groups -OCH3 is 1. The SMILES string of the molecule is CNc1nc(C)cc(C(=O)N2C[C@@H](OC)Cc3ccccc32)n1. The van der Waals surface area contributed by atoms with Gasteiger partial charge in [0, 0.05) is 32.0 Å². The highest BCUT2D eigenvalue weighted by molar-refractivity contribution is 6.05. The number of rotatable bonds is 3. The molecule has 1 N–H and O–H groups in total. The number of hydrogen-bond donors (Lipinski definition) is 1. The van der Waals surface area contributed by atoms with Crippen molar-refractivity contribution in [1.29, 1.82) is 0 Å². The number of nitrogens with one attached hydrogen (secondary N) is 1. The second-order valence-corrected chi connectivity index (χ2v) is 5.57. The molecular weight excluding hydrogens is 292 g/mol. The summed E-state index contributed by atoms with van der Waals surface area (Å²) >= 11 is 0. The van der Waals surface area contributed by atoms with Crippen LogP contribution in [-0.4, -0.2) is 42.7 Å². The summed E-state index contributed by atoms with van der Waals surface area (Å²) in [6.07, 6.45) is 0.793. The van der Waals surface area contributed by atoms with Gasteiger partial charge >= 0.3 is 0 Å². The molecule has 0 bridgehead atoms. The van der Waals surface area contributed by atoms with Gasteiger partial charge in [0.15, 0.2) is 0 Å². The van der Waals surface area contributed by atoms with E-state index in [1.54, 1.807) is 25.1 Å². The van der Waals surface area contributed by atoms with Crippen LogP contribution in [0.25, 0.3) is 0 Å². The average Bonchev–Trinajstić information content (AvgIpc) is 2.59. The normalized spacial score (nSPS) is 16.8. The van der Waals surface area contributed by atoms with Crippen LogP contribution < -0.4 is 10.2 Å². The molecule has 1 atom stereocenters. The summed E-state index contributed by atoms with van der Waals surface area (Å²) in [4.78, 5) is 23.3. The molecule has 2 aromatic rings. The van der Waals surface area contributed by atoms with Gasteiger partial charge in [-0.1, -0.05) is 18.2 Å². The molecule has 6 nitrogen and oxygen atoms in total. The van der Waals surface area contributed by atoms with E-state index in [1.807, 2.05) is 31.2 Å². The van der Waals surface area contributed by atoms with E-state index in [0.717, 1.165) is 23.4 Å². The Bertz CT molecular complexity index is 732. The molecule has 6 heteroatoms. The van der Waals surface area contributed by atoms with E-state index in [4.69, 9.17) is 4.74 Å². The number of fused-ring (bicyclic) bond motifs is 1. The van der Waals surface area contributed by atoms with Gasteiger partial charge in [0.1, 0.15) is 5.69 Å². The Labute approximate surface area is 135 Å². The van der Waals surface area contributed by atoms with Gasteiger partial charge in [0.2, 0.25) is 5.95 Å². The second-order valence-electron chi connectivity index (χ2n) is 5.57. The lowest BCUT2D eigenvalue weighted by atomic mass is 9.99. The minimum Gasteiger partial charge on any atom is -0.379 e. The van der Waals surface area contributed by atoms with Gasteiger partial charge in [-0.25, -0.2) is 9.97 Å². The Kier molecular flexibility index (Phi) is 4.25. The fraction of sp³-hybridized carbons (Fsp3) is 0.353. The van der Waals surface area contributed by atoms with Crippen molar-refractivity contribution in [2.75, 3.05) is 30.9 Å². The molecule has 0 fully saturated rings. The molecule has 0 unspecified atom stereocenters. The summed E-state index contributed by atoms with van der Waals surface area (Å²) in [6.45, 7) is 2.37. The number of carbonyl (C=O) groups is 1. The lowest BCUT2D eigenvalue weighted by Gasteiger charge is -2.33. The predicted octanol–water partition coefficient (Wildman–Crippen LogP) is 2.04. The molecule has 1 amide bonds. The number of carbonyl (C=O) groups excluding carboxylic acids is 1. The highest BCUT2D eigenvalue weighted by Crippen LogP contribution is 2.29. The van der Waals surface area contributed by atoms with Crippen molar-refractivity contribution in [2.45, 2.75) is 19.4 Å². The van der Waals surface area contributed by atoms with E-state index in [9.17, 15) is 4.79 Å². The summed E-state index contributed by atoms with van der Waals surface area (Å²) in [5.74, 6) is 0.308. The van der Waals surface area contributed by atoms with Gasteiger partial charge in [0.05, 0.1) is 12.6 Å². The molecule has 3 rings (SSSR count). The maximum atomic E-state index is 13.0. The van der Waals surface area contributed by atoms with Crippen molar-refractivity contribution in [2.24, 2.45) is 0 Å². The van der Waals surface area contributed by atoms with E-state index in [1.165, 1.54) is 0 Å². The fourth-order valence-electron chi connectivity index (χ4n) is 2.84. The van der Waals surface area contributed by atoms with Crippen LogP contribution in [0.4, 0.5) is 11.6 Å². The summed E-state index contributed by atoms with van der Waals surface area (Å²) in [5, 5.41) is 2.89. The largest absolute Gasteiger partial charge is 0.379 e. The maximum Gasteiger partial charge on any atom is 0.277 e. The highest BCUT2D eigenvalue weighted by atomic mass is 16.5. The molecule has 120 valence electrons. The third kappa shape index (κ3) is 3.03. The van der Waals surface area contributed by atoms with Crippen LogP contribution in [0.3, 0.4) is 0 Å². The third-order valence-corrected chi connectivity index (χ3v) is 3.99. The van der Waals surface area contributed by atoms with Gasteiger partial charge in [0.25, 0.3) is 5.91 Å². The molecule has 1 aliphatic rings. The first kappa shape index (κ1) is 15.4. The zero-order valence-corrected chi connectivity index (χ0v) is 13.5. The Morgan fingerprint density at radius 3 is 2.87 bits per heavy atom. The molecule has 23 heavy (non-hydrogen) atoms. The number of nitrogens with zero attached hydrogens (tertiary/aromatic N) is 3. The highest BCUT2D eigenvalue weighted by Gasteiger charge is 2.29. The summed E-state index contributed by atoms with van der Waals surface area (Å²) < 4.78 is 5.49. The van der Waals surface area contributed by atoms with Crippen LogP contribution in [0.5, 0.6) is 0 Å². The average molecular weight is 312 g/mol. The number of anilines is 2. The maximum absolute atomic E-state index is 13.0. The van der Waals surface area contributed by atoms with Gasteiger partial charge in [-0.05, 0) is 24.6 Å². The summed E-state index contributed by atoms with van der Waals surface area (Å²) in [7, 11) is 3.41. The first-order valence-corrected chi connectivity index (χ1v) is 7.58. The molecular formula is C17H20N4O2. The van der Waals surface area contributed by atoms with Crippen molar-refractivity contribution in [3.8, 4) is 0 Å². The van der Waals surface area contributed by atoms with Gasteiger partial charge in [-0.2, -0.15) is 0 Å². The van der Waals surface area contributed by atoms with Gasteiger partial charge < -0.3 is 15.0 Å². The summed E-state index contributed by atoms with van der Waals surface area (Å²) in [6, 6.07) is 9.63. The number of ether oxygens (including phenoxy) is 1. The topological polar surface area (TPSA) is 67.4 Å². The lowest BCUT2D eigenvalue weighted by molar-refractivity contribution is 0.0866. The smallest absolute Gasteiger partial charge is 0.277 e. The number of benzene rings is 1. The number of aryl methyl sites for hydroxylation is 1. The minimum atomic E-state index is -0.138. The molecule has 0 saturated carbocycles. The molecule has 0 aliphatic carbocycles. The van der Waals surface area contributed by atoms with Crippen molar-refractivity contribution in [3.05, 3.63) is 47.3 Å². The zero-order valence-electron chi connectivity index (χ0n) is 13.5. The van der Waals surface area contributed by atoms with Crippen LogP contribution in [0.2, 0.25) is 0 Å². The van der Waals surface area contributed by atoms with Crippen LogP contribution >= 0.6 is 0 Å². The lowest BCUT2D eigenvalue weighted by Crippen LogP contribution is -2.43. The monoisotopic (exact) mass is 312 g/mol. The van der Waals surface area contributed by atoms with Crippen molar-refractivity contribution in [3.63, 3.8) is 0 Å². The third-order valence-electron chi connectivity index (χ3n) is 3.99. The number of para-hydroxylation sites is 1. The van der Waals surface area contributed by atoms with E-state index >= 15 is 0 Å². The standard InChI is InChI=1S/C17H20N4O2/c1-11-8-14(20-17(18-2)19-11)16(22)21-10-13(23-3)9-12-6-4-5-7-15(12)21/h4-8,13H,9-10H2,1-3H3,(H,18,19,20)/t13-/m0/s1. The van der Waals surface area contributed by atoms with E-state index < -0.39 is 0 Å². The van der Waals surface area contributed by atoms with Gasteiger partial charge in [-0.15, -0.1) is 0 Å². The van der Waals surface area contributed by atoms with E-state index in [2.05, 4.69) is 15.3 Å². The van der Waals surface area contributed by atoms with E-state index in [0.29, 0.717) is 18.2 Å². The molecule has 1 aromatic heterocycles. The fourth-order valence-corrected chi connectivity index (χ4v) is 2.84. The molecule has 2 heterocycles. The van der Waals surface area contributed by atoms with Crippen LogP contribution in [0, 0.1) is 6.92 Å². The Hall–Kier alpha value is -2.47. The molecule has 0 radical (unpaired) electrons. The van der Waals surface area contributed by atoms with E-state index in [-0.39, 0.29) is 12.0 Å². The van der Waals surface area contributed by atoms with Gasteiger partial charge in [-0.3, -0.25) is 4.79 Å². The minimum absolute atomic E-state index is 0.0134. The van der Waals surface area contributed by atoms with Crippen LogP contribution in [0.1, 0.15) is 21.7 Å². The van der Waals surface area contributed by atoms with Crippen molar-refractivity contribution in [1.82, 2.24) is 9.97 Å². The first-order valence-electron chi connectivity index (χ1n) is 7.58. The number of aromatic nitrogens is 2. The molecule has 0 spiro atoms. The molecule has 1 aliphatic heterocycles. The molecule has 1 aromatic carbocycles. The molecule has 0 saturated heterocycles. The Morgan fingerprint density at radius 2 is 2.13 bits per heavy atom.